The molecule has 0 spiro atoms. The van der Waals surface area contributed by atoms with Crippen LogP contribution in [0.2, 0.25) is 0 Å². The molecule has 0 bridgehead atoms. The summed E-state index contributed by atoms with van der Waals surface area (Å²) in [5.41, 5.74) is 14.2. The molecule has 0 amide bonds. The highest BCUT2D eigenvalue weighted by Crippen LogP contribution is 2.40. The van der Waals surface area contributed by atoms with E-state index in [1.807, 2.05) is 0 Å². The predicted molar refractivity (Wildman–Crippen MR) is 216 cm³/mol. The Morgan fingerprint density at radius 1 is 0.451 bits per heavy atom. The van der Waals surface area contributed by atoms with E-state index in [4.69, 9.17) is 0 Å². The summed E-state index contributed by atoms with van der Waals surface area (Å²) in [5, 5.41) is 5.06. The number of rotatable bonds is 6. The molecule has 0 radical (unpaired) electrons. The van der Waals surface area contributed by atoms with Gasteiger partial charge in [0.2, 0.25) is 5.69 Å². The Balaban J connectivity index is 1.20. The Hall–Kier alpha value is -5.79. The zero-order valence-electron chi connectivity index (χ0n) is 29.4. The average Bonchev–Trinajstić information content (AvgIpc) is 3.35. The Kier molecular flexibility index (Phi) is 7.85. The van der Waals surface area contributed by atoms with E-state index in [1.54, 1.807) is 0 Å². The van der Waals surface area contributed by atoms with Crippen LogP contribution in [0, 0.1) is 0 Å². The SMILES string of the molecule is CCC1(CC)CCc2ccc(-c3cccc(-c4cc(-c5cccc6ccccc56)cc(-c5cccc6ccccc56)c4)c3)cc2-c2cccc[n+]21. The van der Waals surface area contributed by atoms with Gasteiger partial charge in [-0.3, -0.25) is 0 Å². The highest BCUT2D eigenvalue weighted by atomic mass is 15.1. The summed E-state index contributed by atoms with van der Waals surface area (Å²) in [6.07, 6.45) is 6.83. The van der Waals surface area contributed by atoms with Crippen molar-refractivity contribution in [2.75, 3.05) is 0 Å². The van der Waals surface area contributed by atoms with Crippen molar-refractivity contribution < 1.29 is 4.57 Å². The molecule has 1 nitrogen and oxygen atoms in total. The molecule has 0 aliphatic carbocycles. The second-order valence-corrected chi connectivity index (χ2v) is 14.2. The Morgan fingerprint density at radius 3 is 1.65 bits per heavy atom. The first-order valence-electron chi connectivity index (χ1n) is 18.5. The third-order valence-corrected chi connectivity index (χ3v) is 11.6. The summed E-state index contributed by atoms with van der Waals surface area (Å²) in [5.74, 6) is 0. The standard InChI is InChI=1S/C50H42N/c1-3-50(4-2)28-27-37-25-26-40(34-48(37)49-24-9-10-29-51(49)50)38-18-11-19-39(30-38)41-31-42(46-22-12-16-35-14-5-7-20-44(35)46)33-43(32-41)47-23-13-17-36-15-6-8-21-45(36)47/h5-26,29-34H,3-4,27-28H2,1-2H3/q+1. The maximum Gasteiger partial charge on any atom is 0.213 e. The van der Waals surface area contributed by atoms with E-state index < -0.39 is 0 Å². The van der Waals surface area contributed by atoms with Gasteiger partial charge in [-0.2, -0.15) is 4.57 Å². The lowest BCUT2D eigenvalue weighted by Gasteiger charge is -2.26. The summed E-state index contributed by atoms with van der Waals surface area (Å²) in [4.78, 5) is 0. The molecule has 1 heteroatoms. The van der Waals surface area contributed by atoms with Gasteiger partial charge in [-0.15, -0.1) is 0 Å². The van der Waals surface area contributed by atoms with Gasteiger partial charge in [0.15, 0.2) is 11.7 Å². The van der Waals surface area contributed by atoms with Crippen molar-refractivity contribution in [3.05, 3.63) is 176 Å². The number of fused-ring (bicyclic) bond motifs is 5. The van der Waals surface area contributed by atoms with Crippen LogP contribution in [0.25, 0.3) is 77.3 Å². The Bertz CT molecular complexity index is 2460. The Morgan fingerprint density at radius 2 is 0.980 bits per heavy atom. The molecule has 8 aromatic rings. The molecule has 9 rings (SSSR count). The van der Waals surface area contributed by atoms with E-state index in [-0.39, 0.29) is 5.54 Å². The van der Waals surface area contributed by atoms with E-state index >= 15 is 0 Å². The van der Waals surface area contributed by atoms with Gasteiger partial charge in [0, 0.05) is 37.0 Å². The first kappa shape index (κ1) is 31.2. The minimum Gasteiger partial charge on any atom is -0.193 e. The molecule has 0 saturated heterocycles. The third kappa shape index (κ3) is 5.45. The molecule has 2 heterocycles. The summed E-state index contributed by atoms with van der Waals surface area (Å²) in [7, 11) is 0. The largest absolute Gasteiger partial charge is 0.213 e. The molecule has 0 atom stereocenters. The molecule has 246 valence electrons. The average molecular weight is 657 g/mol. The lowest BCUT2D eigenvalue weighted by Crippen LogP contribution is -2.56. The van der Waals surface area contributed by atoms with Crippen molar-refractivity contribution in [1.29, 1.82) is 0 Å². The normalized spacial score (nSPS) is 13.5. The minimum absolute atomic E-state index is 0.145. The van der Waals surface area contributed by atoms with Crippen molar-refractivity contribution in [2.45, 2.75) is 45.1 Å². The quantitative estimate of drug-likeness (QED) is 0.157. The van der Waals surface area contributed by atoms with Crippen molar-refractivity contribution in [3.8, 4) is 55.8 Å². The predicted octanol–water partition coefficient (Wildman–Crippen LogP) is 13.1. The van der Waals surface area contributed by atoms with Gasteiger partial charge in [0.1, 0.15) is 0 Å². The second kappa shape index (κ2) is 12.8. The zero-order chi connectivity index (χ0) is 34.4. The molecule has 7 aromatic carbocycles. The van der Waals surface area contributed by atoms with Crippen LogP contribution in [0.4, 0.5) is 0 Å². The van der Waals surface area contributed by atoms with Crippen molar-refractivity contribution >= 4 is 21.5 Å². The van der Waals surface area contributed by atoms with Gasteiger partial charge >= 0.3 is 0 Å². The smallest absolute Gasteiger partial charge is 0.193 e. The fraction of sp³-hybridized carbons (Fsp3) is 0.140. The van der Waals surface area contributed by atoms with Crippen LogP contribution < -0.4 is 4.57 Å². The monoisotopic (exact) mass is 656 g/mol. The van der Waals surface area contributed by atoms with Crippen LogP contribution >= 0.6 is 0 Å². The first-order chi connectivity index (χ1) is 25.1. The fourth-order valence-electron chi connectivity index (χ4n) is 8.66. The highest BCUT2D eigenvalue weighted by molar-refractivity contribution is 6.01. The molecule has 0 N–H and O–H groups in total. The third-order valence-electron chi connectivity index (χ3n) is 11.6. The number of aryl methyl sites for hydroxylation is 1. The van der Waals surface area contributed by atoms with Crippen molar-refractivity contribution in [2.24, 2.45) is 0 Å². The van der Waals surface area contributed by atoms with Crippen LogP contribution in [0.15, 0.2) is 170 Å². The van der Waals surface area contributed by atoms with Crippen LogP contribution in [0.1, 0.15) is 38.7 Å². The minimum atomic E-state index is 0.145. The van der Waals surface area contributed by atoms with E-state index in [0.717, 1.165) is 25.7 Å². The maximum atomic E-state index is 2.58. The van der Waals surface area contributed by atoms with Gasteiger partial charge in [0.25, 0.3) is 0 Å². The van der Waals surface area contributed by atoms with E-state index in [2.05, 4.69) is 188 Å². The molecule has 51 heavy (non-hydrogen) atoms. The van der Waals surface area contributed by atoms with Gasteiger partial charge in [-0.05, 0) is 114 Å². The number of hydrogen-bond donors (Lipinski definition) is 0. The molecule has 0 unspecified atom stereocenters. The topological polar surface area (TPSA) is 3.88 Å². The molecular formula is C50H42N+. The first-order valence-corrected chi connectivity index (χ1v) is 18.5. The van der Waals surface area contributed by atoms with Crippen LogP contribution in [0.5, 0.6) is 0 Å². The summed E-state index contributed by atoms with van der Waals surface area (Å²) >= 11 is 0. The van der Waals surface area contributed by atoms with Gasteiger partial charge in [-0.25, -0.2) is 0 Å². The van der Waals surface area contributed by atoms with Crippen LogP contribution in [-0.2, 0) is 12.0 Å². The molecule has 1 aromatic heterocycles. The number of nitrogens with zero attached hydrogens (tertiary/aromatic N) is 1. The highest BCUT2D eigenvalue weighted by Gasteiger charge is 2.40. The number of benzene rings is 7. The molecule has 0 saturated carbocycles. The summed E-state index contributed by atoms with van der Waals surface area (Å²) in [6.45, 7) is 4.70. The van der Waals surface area contributed by atoms with Gasteiger partial charge in [0.05, 0.1) is 0 Å². The summed E-state index contributed by atoms with van der Waals surface area (Å²) < 4.78 is 2.58. The van der Waals surface area contributed by atoms with Crippen molar-refractivity contribution in [1.82, 2.24) is 0 Å². The van der Waals surface area contributed by atoms with Gasteiger partial charge in [-0.1, -0.05) is 129 Å². The second-order valence-electron chi connectivity index (χ2n) is 14.2. The van der Waals surface area contributed by atoms with Crippen LogP contribution in [-0.4, -0.2) is 0 Å². The lowest BCUT2D eigenvalue weighted by atomic mass is 9.86. The molecular weight excluding hydrogens is 615 g/mol. The number of hydrogen-bond acceptors (Lipinski definition) is 0. The lowest BCUT2D eigenvalue weighted by molar-refractivity contribution is -0.757. The maximum absolute atomic E-state index is 2.58. The number of pyridine rings is 1. The Labute approximate surface area is 301 Å². The van der Waals surface area contributed by atoms with Crippen molar-refractivity contribution in [3.63, 3.8) is 0 Å². The van der Waals surface area contributed by atoms with Crippen LogP contribution in [0.3, 0.4) is 0 Å². The fourth-order valence-corrected chi connectivity index (χ4v) is 8.66. The molecule has 0 fully saturated rings. The van der Waals surface area contributed by atoms with E-state index in [0.29, 0.717) is 0 Å². The van der Waals surface area contributed by atoms with Gasteiger partial charge < -0.3 is 0 Å². The zero-order valence-corrected chi connectivity index (χ0v) is 29.4. The van der Waals surface area contributed by atoms with E-state index in [9.17, 15) is 0 Å². The van der Waals surface area contributed by atoms with E-state index in [1.165, 1.54) is 82.9 Å². The number of aromatic nitrogens is 1. The molecule has 1 aliphatic heterocycles. The summed E-state index contributed by atoms with van der Waals surface area (Å²) in [6, 6.07) is 60.9. The molecule has 1 aliphatic rings.